The highest BCUT2D eigenvalue weighted by Crippen LogP contribution is 2.17. The Kier molecular flexibility index (Phi) is 3.50. The normalized spacial score (nSPS) is 10.5. The molecule has 0 spiro atoms. The van der Waals surface area contributed by atoms with Crippen LogP contribution in [-0.2, 0) is 6.54 Å². The van der Waals surface area contributed by atoms with Gasteiger partial charge in [0.1, 0.15) is 0 Å². The molecule has 1 aromatic carbocycles. The number of nitrogens with zero attached hydrogens (tertiary/aromatic N) is 2. The summed E-state index contributed by atoms with van der Waals surface area (Å²) in [5, 5.41) is 0. The van der Waals surface area contributed by atoms with Crippen molar-refractivity contribution >= 4 is 5.69 Å². The van der Waals surface area contributed by atoms with Gasteiger partial charge in [-0.3, -0.25) is 9.36 Å². The van der Waals surface area contributed by atoms with Crippen LogP contribution in [0.2, 0.25) is 0 Å². The Morgan fingerprint density at radius 2 is 2.21 bits per heavy atom. The number of aromatic nitrogens is 2. The number of benzene rings is 1. The maximum absolute atomic E-state index is 13.8. The molecule has 0 aliphatic carbocycles. The minimum absolute atomic E-state index is 0.0200. The van der Waals surface area contributed by atoms with Crippen molar-refractivity contribution in [3.05, 3.63) is 51.7 Å². The Morgan fingerprint density at radius 1 is 1.47 bits per heavy atom. The van der Waals surface area contributed by atoms with Gasteiger partial charge in [0.25, 0.3) is 11.6 Å². The Bertz CT molecular complexity index is 667. The first kappa shape index (κ1) is 13.1. The molecule has 0 radical (unpaired) electrons. The second-order valence-electron chi connectivity index (χ2n) is 4.13. The van der Waals surface area contributed by atoms with E-state index in [1.54, 1.807) is 19.1 Å². The molecule has 1 heterocycles. The zero-order valence-electron chi connectivity index (χ0n) is 10.7. The lowest BCUT2D eigenvalue weighted by molar-refractivity contribution is 0.349. The van der Waals surface area contributed by atoms with E-state index in [-0.39, 0.29) is 23.8 Å². The van der Waals surface area contributed by atoms with E-state index in [1.165, 1.54) is 23.8 Å². The van der Waals surface area contributed by atoms with Crippen LogP contribution >= 0.6 is 0 Å². The number of hydrogen-bond acceptors (Lipinski definition) is 4. The van der Waals surface area contributed by atoms with Crippen LogP contribution in [0.5, 0.6) is 6.01 Å². The first-order valence-corrected chi connectivity index (χ1v) is 5.68. The third-order valence-corrected chi connectivity index (χ3v) is 2.72. The summed E-state index contributed by atoms with van der Waals surface area (Å²) in [6, 6.07) is 6.18. The van der Waals surface area contributed by atoms with Gasteiger partial charge in [0.05, 0.1) is 19.3 Å². The highest BCUT2D eigenvalue weighted by molar-refractivity contribution is 5.43. The molecule has 2 rings (SSSR count). The topological polar surface area (TPSA) is 70.1 Å². The maximum Gasteiger partial charge on any atom is 0.299 e. The fraction of sp³-hybridized carbons (Fsp3) is 0.231. The fourth-order valence-electron chi connectivity index (χ4n) is 1.79. The van der Waals surface area contributed by atoms with Crippen LogP contribution in [0.1, 0.15) is 11.3 Å². The highest BCUT2D eigenvalue weighted by atomic mass is 19.1. The second-order valence-corrected chi connectivity index (χ2v) is 4.13. The van der Waals surface area contributed by atoms with Crippen LogP contribution in [-0.4, -0.2) is 16.7 Å². The average Bonchev–Trinajstić information content (AvgIpc) is 2.37. The van der Waals surface area contributed by atoms with E-state index in [1.807, 2.05) is 0 Å². The quantitative estimate of drug-likeness (QED) is 0.848. The smallest absolute Gasteiger partial charge is 0.299 e. The summed E-state index contributed by atoms with van der Waals surface area (Å²) < 4.78 is 20.1. The Morgan fingerprint density at radius 3 is 2.89 bits per heavy atom. The number of nitrogens with two attached hydrogens (primary N) is 1. The van der Waals surface area contributed by atoms with E-state index in [2.05, 4.69) is 4.98 Å². The van der Waals surface area contributed by atoms with Gasteiger partial charge < -0.3 is 10.5 Å². The average molecular weight is 263 g/mol. The molecule has 0 atom stereocenters. The predicted octanol–water partition coefficient (Wildman–Crippen LogP) is 1.33. The van der Waals surface area contributed by atoms with Crippen molar-refractivity contribution in [2.75, 3.05) is 12.8 Å². The summed E-state index contributed by atoms with van der Waals surface area (Å²) >= 11 is 0. The summed E-state index contributed by atoms with van der Waals surface area (Å²) in [6.07, 6.45) is 0. The van der Waals surface area contributed by atoms with Gasteiger partial charge in [-0.15, -0.1) is 0 Å². The van der Waals surface area contributed by atoms with Gasteiger partial charge >= 0.3 is 0 Å². The summed E-state index contributed by atoms with van der Waals surface area (Å²) in [5.74, 6) is -0.531. The van der Waals surface area contributed by atoms with Gasteiger partial charge in [-0.1, -0.05) is 12.1 Å². The molecule has 2 N–H and O–H groups in total. The molecule has 0 amide bonds. The lowest BCUT2D eigenvalue weighted by Gasteiger charge is -2.12. The molecule has 19 heavy (non-hydrogen) atoms. The summed E-state index contributed by atoms with van der Waals surface area (Å²) in [5.41, 5.74) is 6.10. The first-order valence-electron chi connectivity index (χ1n) is 5.68. The molecule has 0 bridgehead atoms. The van der Waals surface area contributed by atoms with E-state index in [4.69, 9.17) is 10.5 Å². The minimum Gasteiger partial charge on any atom is -0.468 e. The maximum atomic E-state index is 13.8. The van der Waals surface area contributed by atoms with Crippen LogP contribution in [0, 0.1) is 12.7 Å². The molecule has 0 fully saturated rings. The van der Waals surface area contributed by atoms with Crippen molar-refractivity contribution in [3.63, 3.8) is 0 Å². The number of hydrogen-bond donors (Lipinski definition) is 1. The molecule has 6 heteroatoms. The van der Waals surface area contributed by atoms with E-state index in [9.17, 15) is 9.18 Å². The Hall–Kier alpha value is -2.37. The highest BCUT2D eigenvalue weighted by Gasteiger charge is 2.11. The van der Waals surface area contributed by atoms with Crippen LogP contribution in [0.3, 0.4) is 0 Å². The molecular weight excluding hydrogens is 249 g/mol. The first-order chi connectivity index (χ1) is 9.02. The molecule has 0 saturated heterocycles. The van der Waals surface area contributed by atoms with Gasteiger partial charge in [-0.25, -0.2) is 9.37 Å². The molecule has 0 aliphatic rings. The van der Waals surface area contributed by atoms with Crippen LogP contribution in [0.4, 0.5) is 10.1 Å². The minimum atomic E-state index is -0.531. The molecule has 1 aromatic heterocycles. The number of rotatable bonds is 3. The molecule has 0 saturated carbocycles. The lowest BCUT2D eigenvalue weighted by atomic mass is 10.2. The molecule has 0 aliphatic heterocycles. The number of ether oxygens (including phenoxy) is 1. The van der Waals surface area contributed by atoms with Crippen LogP contribution in [0.15, 0.2) is 29.1 Å². The largest absolute Gasteiger partial charge is 0.468 e. The van der Waals surface area contributed by atoms with Gasteiger partial charge in [0.15, 0.2) is 5.82 Å². The molecule has 100 valence electrons. The number of anilines is 1. The number of methoxy groups -OCH3 is 1. The Balaban J connectivity index is 2.49. The van der Waals surface area contributed by atoms with Gasteiger partial charge in [0.2, 0.25) is 0 Å². The van der Waals surface area contributed by atoms with Crippen LogP contribution < -0.4 is 16.0 Å². The van der Waals surface area contributed by atoms with Crippen molar-refractivity contribution in [1.29, 1.82) is 0 Å². The van der Waals surface area contributed by atoms with Gasteiger partial charge in [-0.2, -0.15) is 0 Å². The van der Waals surface area contributed by atoms with Gasteiger partial charge in [-0.05, 0) is 13.0 Å². The number of aryl methyl sites for hydroxylation is 1. The lowest BCUT2D eigenvalue weighted by Crippen LogP contribution is -2.23. The van der Waals surface area contributed by atoms with Crippen molar-refractivity contribution in [1.82, 2.24) is 9.55 Å². The van der Waals surface area contributed by atoms with E-state index >= 15 is 0 Å². The van der Waals surface area contributed by atoms with Crippen molar-refractivity contribution in [3.8, 4) is 6.01 Å². The number of nitrogen functional groups attached to an aromatic ring is 1. The Labute approximate surface area is 109 Å². The zero-order valence-corrected chi connectivity index (χ0v) is 10.7. The molecule has 5 nitrogen and oxygen atoms in total. The predicted molar refractivity (Wildman–Crippen MR) is 69.7 cm³/mol. The second kappa shape index (κ2) is 5.09. The zero-order chi connectivity index (χ0) is 14.0. The molecule has 0 unspecified atom stereocenters. The van der Waals surface area contributed by atoms with Crippen molar-refractivity contribution in [2.24, 2.45) is 0 Å². The summed E-state index contributed by atoms with van der Waals surface area (Å²) in [7, 11) is 1.41. The van der Waals surface area contributed by atoms with E-state index in [0.29, 0.717) is 11.3 Å². The third-order valence-electron chi connectivity index (χ3n) is 2.72. The van der Waals surface area contributed by atoms with Gasteiger partial charge in [0, 0.05) is 17.3 Å². The van der Waals surface area contributed by atoms with Crippen LogP contribution in [0.25, 0.3) is 0 Å². The summed E-state index contributed by atoms with van der Waals surface area (Å²) in [6.45, 7) is 1.71. The number of halogens is 1. The third kappa shape index (κ3) is 2.57. The van der Waals surface area contributed by atoms with E-state index in [0.717, 1.165) is 0 Å². The molecular formula is C13H14FN3O2. The monoisotopic (exact) mass is 263 g/mol. The molecule has 2 aromatic rings. The fourth-order valence-corrected chi connectivity index (χ4v) is 1.79. The standard InChI is InChI=1S/C13H14FN3O2/c1-8-6-11(18)17(13(16-8)19-2)7-9-4-3-5-10(15)12(9)14/h3-6H,7,15H2,1-2H3. The van der Waals surface area contributed by atoms with Crippen molar-refractivity contribution in [2.45, 2.75) is 13.5 Å². The summed E-state index contributed by atoms with van der Waals surface area (Å²) in [4.78, 5) is 16.0. The van der Waals surface area contributed by atoms with Crippen molar-refractivity contribution < 1.29 is 9.13 Å². The van der Waals surface area contributed by atoms with E-state index < -0.39 is 5.82 Å². The SMILES string of the molecule is COc1nc(C)cc(=O)n1Cc1cccc(N)c1F.